The predicted molar refractivity (Wildman–Crippen MR) is 83.0 cm³/mol. The minimum absolute atomic E-state index is 0.627. The first-order valence-electron chi connectivity index (χ1n) is 7.90. The molecule has 19 heavy (non-hydrogen) atoms. The van der Waals surface area contributed by atoms with Gasteiger partial charge in [0.1, 0.15) is 0 Å². The summed E-state index contributed by atoms with van der Waals surface area (Å²) in [5.74, 6) is 0. The number of aromatic amines is 1. The van der Waals surface area contributed by atoms with Crippen molar-refractivity contribution in [3.63, 3.8) is 0 Å². The number of aromatic nitrogens is 3. The summed E-state index contributed by atoms with van der Waals surface area (Å²) in [6.07, 6.45) is 14.3. The molecule has 0 aromatic carbocycles. The van der Waals surface area contributed by atoms with Gasteiger partial charge in [-0.25, -0.2) is 0 Å². The molecule has 0 unspecified atom stereocenters. The van der Waals surface area contributed by atoms with E-state index in [1.165, 1.54) is 61.5 Å². The molecule has 1 aromatic rings. The third-order valence-electron chi connectivity index (χ3n) is 3.83. The Morgan fingerprint density at radius 2 is 1.53 bits per heavy atom. The van der Waals surface area contributed by atoms with E-state index >= 15 is 0 Å². The second-order valence-electron chi connectivity index (χ2n) is 5.57. The van der Waals surface area contributed by atoms with E-state index in [1.807, 2.05) is 6.20 Å². The van der Waals surface area contributed by atoms with E-state index in [4.69, 9.17) is 0 Å². The van der Waals surface area contributed by atoms with E-state index < -0.39 is 21.1 Å². The first-order valence-corrected chi connectivity index (χ1v) is 10.8. The van der Waals surface area contributed by atoms with Crippen molar-refractivity contribution >= 4 is 24.9 Å². The van der Waals surface area contributed by atoms with Crippen LogP contribution in [-0.4, -0.2) is 36.6 Å². The summed E-state index contributed by atoms with van der Waals surface area (Å²) >= 11 is -0.648. The Bertz CT molecular complexity index is 289. The van der Waals surface area contributed by atoms with Crippen molar-refractivity contribution < 1.29 is 0 Å². The molecule has 3 nitrogen and oxygen atoms in total. The van der Waals surface area contributed by atoms with E-state index in [-0.39, 0.29) is 0 Å². The number of nitrogens with zero attached hydrogens (tertiary/aromatic N) is 2. The molecule has 0 bridgehead atoms. The minimum atomic E-state index is -0.648. The molecule has 0 saturated heterocycles. The first-order chi connectivity index (χ1) is 9.26. The molecule has 0 aliphatic heterocycles. The zero-order valence-electron chi connectivity index (χ0n) is 12.8. The van der Waals surface area contributed by atoms with Crippen LogP contribution in [0.2, 0.25) is 3.43 Å². The fourth-order valence-corrected chi connectivity index (χ4v) is 7.45. The normalized spacial score (nSPS) is 11.9. The van der Waals surface area contributed by atoms with Gasteiger partial charge in [0.2, 0.25) is 0 Å². The topological polar surface area (TPSA) is 41.6 Å². The summed E-state index contributed by atoms with van der Waals surface area (Å²) in [6, 6.07) is 0. The average molecular weight is 370 g/mol. The fraction of sp³-hybridized carbons (Fsp3) is 0.867. The second kappa shape index (κ2) is 9.78. The van der Waals surface area contributed by atoms with Crippen LogP contribution < -0.4 is 3.71 Å². The number of unbranched alkanes of at least 4 members (excludes halogenated alkanes) is 3. The molecule has 1 aromatic heterocycles. The fourth-order valence-electron chi connectivity index (χ4n) is 2.64. The van der Waals surface area contributed by atoms with Crippen molar-refractivity contribution in [3.05, 3.63) is 6.20 Å². The van der Waals surface area contributed by atoms with E-state index in [2.05, 4.69) is 36.2 Å². The summed E-state index contributed by atoms with van der Waals surface area (Å²) in [5.41, 5.74) is 0. The molecule has 0 amide bonds. The zero-order valence-corrected chi connectivity index (χ0v) is 15.7. The number of rotatable bonds is 11. The summed E-state index contributed by atoms with van der Waals surface area (Å²) in [7, 11) is 0. The van der Waals surface area contributed by atoms with Gasteiger partial charge in [-0.15, -0.1) is 0 Å². The second-order valence-corrected chi connectivity index (χ2v) is 10.8. The van der Waals surface area contributed by atoms with Gasteiger partial charge in [-0.05, 0) is 0 Å². The molecule has 0 spiro atoms. The third kappa shape index (κ3) is 6.28. The quantitative estimate of drug-likeness (QED) is 0.601. The van der Waals surface area contributed by atoms with Gasteiger partial charge in [-0.2, -0.15) is 0 Å². The SMILES string of the molecule is CCCC[C](CCCC)(CCCC)[Sn][c]1cn[nH]n1. The number of H-pyrrole nitrogens is 1. The van der Waals surface area contributed by atoms with Crippen LogP contribution in [0, 0.1) is 0 Å². The van der Waals surface area contributed by atoms with Crippen LogP contribution in [0.5, 0.6) is 0 Å². The zero-order chi connectivity index (χ0) is 14.0. The van der Waals surface area contributed by atoms with Crippen LogP contribution in [0.15, 0.2) is 6.20 Å². The molecule has 1 N–H and O–H groups in total. The molecule has 108 valence electrons. The van der Waals surface area contributed by atoms with Gasteiger partial charge >= 0.3 is 128 Å². The van der Waals surface area contributed by atoms with Gasteiger partial charge in [0, 0.05) is 0 Å². The Labute approximate surface area is 128 Å². The molecule has 0 saturated carbocycles. The van der Waals surface area contributed by atoms with Gasteiger partial charge in [0.15, 0.2) is 0 Å². The van der Waals surface area contributed by atoms with Crippen molar-refractivity contribution in [2.45, 2.75) is 82.0 Å². The van der Waals surface area contributed by atoms with Gasteiger partial charge in [-0.3, -0.25) is 0 Å². The van der Waals surface area contributed by atoms with Crippen molar-refractivity contribution in [2.24, 2.45) is 0 Å². The maximum absolute atomic E-state index is 4.36. The Hall–Kier alpha value is -0.0613. The van der Waals surface area contributed by atoms with Crippen LogP contribution in [0.25, 0.3) is 0 Å². The van der Waals surface area contributed by atoms with E-state index in [9.17, 15) is 0 Å². The summed E-state index contributed by atoms with van der Waals surface area (Å²) in [5, 5.41) is 11.2. The molecule has 4 heteroatoms. The van der Waals surface area contributed by atoms with Crippen LogP contribution >= 0.6 is 0 Å². The van der Waals surface area contributed by atoms with Crippen LogP contribution in [0.4, 0.5) is 0 Å². The predicted octanol–water partition coefficient (Wildman–Crippen LogP) is 3.86. The maximum atomic E-state index is 4.36. The van der Waals surface area contributed by atoms with Gasteiger partial charge in [-0.1, -0.05) is 0 Å². The summed E-state index contributed by atoms with van der Waals surface area (Å²) in [4.78, 5) is 0. The van der Waals surface area contributed by atoms with Gasteiger partial charge < -0.3 is 0 Å². The van der Waals surface area contributed by atoms with Crippen molar-refractivity contribution in [2.75, 3.05) is 0 Å². The van der Waals surface area contributed by atoms with Crippen molar-refractivity contribution in [1.29, 1.82) is 0 Å². The van der Waals surface area contributed by atoms with Crippen molar-refractivity contribution in [1.82, 2.24) is 15.4 Å². The van der Waals surface area contributed by atoms with E-state index in [0.717, 1.165) is 0 Å². The van der Waals surface area contributed by atoms with Crippen LogP contribution in [0.1, 0.15) is 78.6 Å². The van der Waals surface area contributed by atoms with E-state index in [0.29, 0.717) is 3.43 Å². The third-order valence-corrected chi connectivity index (χ3v) is 8.91. The molecular formula is C15H29N3Sn. The molecule has 1 rings (SSSR count). The van der Waals surface area contributed by atoms with Gasteiger partial charge in [0.05, 0.1) is 0 Å². The molecule has 1 heterocycles. The van der Waals surface area contributed by atoms with Crippen LogP contribution in [-0.2, 0) is 0 Å². The van der Waals surface area contributed by atoms with Crippen LogP contribution in [0.3, 0.4) is 0 Å². The molecule has 0 aliphatic carbocycles. The van der Waals surface area contributed by atoms with E-state index in [1.54, 1.807) is 0 Å². The van der Waals surface area contributed by atoms with Crippen molar-refractivity contribution in [3.8, 4) is 0 Å². The first kappa shape index (κ1) is 17.0. The number of nitrogens with one attached hydrogen (secondary N) is 1. The summed E-state index contributed by atoms with van der Waals surface area (Å²) < 4.78 is 1.94. The Morgan fingerprint density at radius 3 is 1.89 bits per heavy atom. The average Bonchev–Trinajstić information content (AvgIpc) is 2.93. The number of hydrogen-bond donors (Lipinski definition) is 1. The Kier molecular flexibility index (Phi) is 8.75. The van der Waals surface area contributed by atoms with Gasteiger partial charge in [0.25, 0.3) is 0 Å². The number of hydrogen-bond acceptors (Lipinski definition) is 2. The monoisotopic (exact) mass is 371 g/mol. The molecule has 2 radical (unpaired) electrons. The molecule has 0 atom stereocenters. The summed E-state index contributed by atoms with van der Waals surface area (Å²) in [6.45, 7) is 6.93. The molecule has 0 aliphatic rings. The Morgan fingerprint density at radius 1 is 1.00 bits per heavy atom. The molecule has 0 fully saturated rings. The standard InChI is InChI=1S/C13H27.C2H2N3.Sn/c1-4-7-10-13(11-8-5-2)12-9-6-3;1-2-4-5-3-1;/h4-12H2,1-3H3;1H,(H,3,4,5);. The molecular weight excluding hydrogens is 341 g/mol. The Balaban J connectivity index is 2.74.